The van der Waals surface area contributed by atoms with Gasteiger partial charge in [0.1, 0.15) is 17.3 Å². The third-order valence-electron chi connectivity index (χ3n) is 6.41. The Morgan fingerprint density at radius 1 is 0.833 bits per heavy atom. The highest BCUT2D eigenvalue weighted by Gasteiger charge is 2.17. The number of anilines is 1. The lowest BCUT2D eigenvalue weighted by Gasteiger charge is -2.21. The van der Waals surface area contributed by atoms with Gasteiger partial charge < -0.3 is 14.2 Å². The molecule has 0 bridgehead atoms. The Bertz CT molecular complexity index is 1490. The number of ether oxygens (including phenoxy) is 1. The van der Waals surface area contributed by atoms with E-state index in [0.717, 1.165) is 30.2 Å². The average Bonchev–Trinajstić information content (AvgIpc) is 3.22. The van der Waals surface area contributed by atoms with Crippen LogP contribution in [0.1, 0.15) is 39.1 Å². The first-order valence-corrected chi connectivity index (χ1v) is 12.4. The largest absolute Gasteiger partial charge is 0.457 e. The number of rotatable bonds is 9. The zero-order chi connectivity index (χ0) is 25.8. The Kier molecular flexibility index (Phi) is 7.43. The first-order valence-electron chi connectivity index (χ1n) is 12.4. The molecule has 8 nitrogen and oxygen atoms in total. The summed E-state index contributed by atoms with van der Waals surface area (Å²) in [6.45, 7) is 10.6. The molecule has 0 spiro atoms. The van der Waals surface area contributed by atoms with Gasteiger partial charge in [0.15, 0.2) is 11.2 Å². The van der Waals surface area contributed by atoms with E-state index in [2.05, 4.69) is 35.9 Å². The van der Waals surface area contributed by atoms with Gasteiger partial charge >= 0.3 is 5.69 Å². The molecule has 0 aliphatic heterocycles. The van der Waals surface area contributed by atoms with E-state index in [4.69, 9.17) is 4.74 Å². The van der Waals surface area contributed by atoms with E-state index in [1.807, 2.05) is 55.5 Å². The molecule has 0 saturated carbocycles. The fraction of sp³-hybridized carbons (Fsp3) is 0.321. The average molecular weight is 488 g/mol. The number of hydrogen-bond donors (Lipinski definition) is 0. The summed E-state index contributed by atoms with van der Waals surface area (Å²) in [5, 5.41) is 0. The van der Waals surface area contributed by atoms with Crippen LogP contribution >= 0.6 is 0 Å². The Hall–Kier alpha value is -4.07. The van der Waals surface area contributed by atoms with Gasteiger partial charge in [0, 0.05) is 38.9 Å². The highest BCUT2D eigenvalue weighted by atomic mass is 16.5. The minimum Gasteiger partial charge on any atom is -0.457 e. The van der Waals surface area contributed by atoms with Gasteiger partial charge in [-0.25, -0.2) is 9.78 Å². The van der Waals surface area contributed by atoms with Crippen LogP contribution in [0.5, 0.6) is 11.5 Å². The van der Waals surface area contributed by atoms with Crippen molar-refractivity contribution in [3.8, 4) is 11.5 Å². The van der Waals surface area contributed by atoms with E-state index in [9.17, 15) is 9.59 Å². The molecule has 188 valence electrons. The number of nitrogens with zero attached hydrogens (tertiary/aromatic N) is 5. The molecule has 8 heteroatoms. The summed E-state index contributed by atoms with van der Waals surface area (Å²) in [4.78, 5) is 32.4. The zero-order valence-corrected chi connectivity index (χ0v) is 21.6. The molecule has 2 aromatic heterocycles. The summed E-state index contributed by atoms with van der Waals surface area (Å²) in [6, 6.07) is 15.9. The van der Waals surface area contributed by atoms with Crippen LogP contribution in [0.2, 0.25) is 0 Å². The minimum absolute atomic E-state index is 0.316. The molecule has 36 heavy (non-hydrogen) atoms. The molecule has 0 amide bonds. The molecular formula is C28H33N5O3. The smallest absolute Gasteiger partial charge is 0.332 e. The van der Waals surface area contributed by atoms with Gasteiger partial charge in [0.05, 0.1) is 0 Å². The van der Waals surface area contributed by atoms with Gasteiger partial charge in [0.2, 0.25) is 0 Å². The molecule has 0 aliphatic carbocycles. The van der Waals surface area contributed by atoms with Crippen LogP contribution in [0.15, 0.2) is 58.1 Å². The molecule has 0 atom stereocenters. The first-order chi connectivity index (χ1) is 17.4. The molecule has 0 N–H and O–H groups in total. The van der Waals surface area contributed by atoms with Crippen molar-refractivity contribution in [3.63, 3.8) is 0 Å². The predicted octanol–water partition coefficient (Wildman–Crippen LogP) is 4.75. The van der Waals surface area contributed by atoms with E-state index in [1.54, 1.807) is 18.5 Å². The number of imidazole rings is 1. The van der Waals surface area contributed by atoms with E-state index >= 15 is 0 Å². The van der Waals surface area contributed by atoms with Crippen molar-refractivity contribution in [3.05, 3.63) is 80.8 Å². The number of benzene rings is 2. The standard InChI is InChI=1S/C28H33N5O3/c1-6-31(7-2)21-13-17-23(18-14-21)36-22-15-10-20(11-16-22)12-19-24-29-26-25(30(24)5)27(34)33(9-4)28(35)32(26)8-3/h10-19H,6-9H2,1-5H3/b19-12+. The third-order valence-corrected chi connectivity index (χ3v) is 6.41. The molecule has 0 saturated heterocycles. The fourth-order valence-corrected chi connectivity index (χ4v) is 4.36. The molecule has 4 aromatic rings. The summed E-state index contributed by atoms with van der Waals surface area (Å²) in [6.07, 6.45) is 3.78. The molecular weight excluding hydrogens is 454 g/mol. The number of aromatic nitrogens is 4. The normalized spacial score (nSPS) is 11.5. The number of aryl methyl sites for hydroxylation is 2. The maximum Gasteiger partial charge on any atom is 0.332 e. The topological polar surface area (TPSA) is 74.3 Å². The van der Waals surface area contributed by atoms with E-state index < -0.39 is 0 Å². The lowest BCUT2D eigenvalue weighted by Crippen LogP contribution is -2.39. The molecule has 0 radical (unpaired) electrons. The second-order valence-electron chi connectivity index (χ2n) is 8.45. The SMILES string of the molecule is CCN(CC)c1ccc(Oc2ccc(/C=C/c3nc4c(c(=O)n(CC)c(=O)n4CC)n3C)cc2)cc1. The zero-order valence-electron chi connectivity index (χ0n) is 21.6. The van der Waals surface area contributed by atoms with Gasteiger partial charge in [0.25, 0.3) is 5.56 Å². The van der Waals surface area contributed by atoms with E-state index in [0.29, 0.717) is 30.1 Å². The maximum absolute atomic E-state index is 12.9. The van der Waals surface area contributed by atoms with E-state index in [-0.39, 0.29) is 11.2 Å². The van der Waals surface area contributed by atoms with Crippen molar-refractivity contribution in [2.24, 2.45) is 7.05 Å². The molecule has 2 aromatic carbocycles. The molecule has 2 heterocycles. The molecule has 0 fully saturated rings. The van der Waals surface area contributed by atoms with Crippen molar-refractivity contribution in [1.29, 1.82) is 0 Å². The predicted molar refractivity (Wildman–Crippen MR) is 146 cm³/mol. The number of fused-ring (bicyclic) bond motifs is 1. The Balaban J connectivity index is 1.54. The third kappa shape index (κ3) is 4.71. The van der Waals surface area contributed by atoms with Gasteiger partial charge in [-0.2, -0.15) is 0 Å². The van der Waals surface area contributed by atoms with Crippen LogP contribution in [0.4, 0.5) is 5.69 Å². The van der Waals surface area contributed by atoms with Crippen molar-refractivity contribution in [2.75, 3.05) is 18.0 Å². The Labute approximate surface area is 210 Å². The Morgan fingerprint density at radius 3 is 1.97 bits per heavy atom. The van der Waals surface area contributed by atoms with Crippen LogP contribution in [0, 0.1) is 0 Å². The van der Waals surface area contributed by atoms with Crippen LogP contribution in [-0.4, -0.2) is 31.8 Å². The minimum atomic E-state index is -0.329. The number of hydrogen-bond acceptors (Lipinski definition) is 5. The summed E-state index contributed by atoms with van der Waals surface area (Å²) in [7, 11) is 1.79. The van der Waals surface area contributed by atoms with Crippen LogP contribution in [-0.2, 0) is 20.1 Å². The maximum atomic E-state index is 12.9. The summed E-state index contributed by atoms with van der Waals surface area (Å²) >= 11 is 0. The van der Waals surface area contributed by atoms with Gasteiger partial charge in [-0.05, 0) is 75.7 Å². The highest BCUT2D eigenvalue weighted by Crippen LogP contribution is 2.25. The monoisotopic (exact) mass is 487 g/mol. The Morgan fingerprint density at radius 2 is 1.42 bits per heavy atom. The summed E-state index contributed by atoms with van der Waals surface area (Å²) in [5.74, 6) is 2.14. The lowest BCUT2D eigenvalue weighted by molar-refractivity contribution is 0.482. The lowest BCUT2D eigenvalue weighted by atomic mass is 10.2. The van der Waals surface area contributed by atoms with Crippen molar-refractivity contribution >= 4 is 29.0 Å². The molecule has 0 unspecified atom stereocenters. The van der Waals surface area contributed by atoms with Crippen molar-refractivity contribution in [1.82, 2.24) is 18.7 Å². The van der Waals surface area contributed by atoms with Crippen molar-refractivity contribution in [2.45, 2.75) is 40.8 Å². The highest BCUT2D eigenvalue weighted by molar-refractivity contribution is 5.76. The molecule has 4 rings (SSSR count). The van der Waals surface area contributed by atoms with Gasteiger partial charge in [-0.1, -0.05) is 18.2 Å². The van der Waals surface area contributed by atoms with Crippen LogP contribution in [0.3, 0.4) is 0 Å². The fourth-order valence-electron chi connectivity index (χ4n) is 4.36. The van der Waals surface area contributed by atoms with Gasteiger partial charge in [-0.3, -0.25) is 13.9 Å². The van der Waals surface area contributed by atoms with Crippen LogP contribution < -0.4 is 20.9 Å². The van der Waals surface area contributed by atoms with Crippen molar-refractivity contribution < 1.29 is 4.74 Å². The summed E-state index contributed by atoms with van der Waals surface area (Å²) in [5.41, 5.74) is 2.33. The second-order valence-corrected chi connectivity index (χ2v) is 8.45. The molecule has 0 aliphatic rings. The van der Waals surface area contributed by atoms with Crippen LogP contribution in [0.25, 0.3) is 23.3 Å². The quantitative estimate of drug-likeness (QED) is 0.341. The van der Waals surface area contributed by atoms with Gasteiger partial charge in [-0.15, -0.1) is 0 Å². The first kappa shape index (κ1) is 25.0. The summed E-state index contributed by atoms with van der Waals surface area (Å²) < 4.78 is 10.5. The van der Waals surface area contributed by atoms with E-state index in [1.165, 1.54) is 14.8 Å². The second kappa shape index (κ2) is 10.7.